The third-order valence-corrected chi connectivity index (χ3v) is 5.42. The third kappa shape index (κ3) is 3.59. The highest BCUT2D eigenvalue weighted by atomic mass is 35.5. The first-order valence-electron chi connectivity index (χ1n) is 9.05. The Bertz CT molecular complexity index is 722. The highest BCUT2D eigenvalue weighted by molar-refractivity contribution is 5.85. The zero-order valence-corrected chi connectivity index (χ0v) is 15.7. The minimum atomic E-state index is -0.390. The monoisotopic (exact) mass is 376 g/mol. The smallest absolute Gasteiger partial charge is 0.248 e. The Labute approximate surface area is 159 Å². The van der Waals surface area contributed by atoms with Gasteiger partial charge in [-0.05, 0) is 48.7 Å². The van der Waals surface area contributed by atoms with Crippen molar-refractivity contribution in [2.45, 2.75) is 50.7 Å². The summed E-state index contributed by atoms with van der Waals surface area (Å²) in [5.41, 5.74) is 1.12. The Morgan fingerprint density at radius 1 is 1.23 bits per heavy atom. The fourth-order valence-electron chi connectivity index (χ4n) is 4.16. The number of hydrogen-bond acceptors (Lipinski definition) is 5. The molecule has 0 aliphatic carbocycles. The van der Waals surface area contributed by atoms with E-state index < -0.39 is 6.04 Å². The topological polar surface area (TPSA) is 75.9 Å². The molecule has 2 fully saturated rings. The van der Waals surface area contributed by atoms with Crippen LogP contribution < -0.4 is 5.32 Å². The summed E-state index contributed by atoms with van der Waals surface area (Å²) >= 11 is 0. The predicted octanol–water partition coefficient (Wildman–Crippen LogP) is 1.54. The number of benzene rings is 1. The van der Waals surface area contributed by atoms with Gasteiger partial charge in [0.2, 0.25) is 5.91 Å². The average Bonchev–Trinajstić information content (AvgIpc) is 3.15. The van der Waals surface area contributed by atoms with Gasteiger partial charge in [-0.15, -0.1) is 17.5 Å². The molecule has 0 saturated carbocycles. The normalized spacial score (nSPS) is 23.2. The molecule has 3 unspecified atom stereocenters. The standard InChI is InChI=1S/C18H24N6O.ClH/c1-13-20-21-22-24(13)17(11-14-5-3-2-4-6-14)18(25)23-15-7-8-16(23)12-19-10-9-15;/h2-6,15-17,19H,7-12H2,1H3;1H. The summed E-state index contributed by atoms with van der Waals surface area (Å²) in [4.78, 5) is 15.7. The van der Waals surface area contributed by atoms with Gasteiger partial charge in [-0.2, -0.15) is 0 Å². The van der Waals surface area contributed by atoms with Gasteiger partial charge in [-0.1, -0.05) is 30.3 Å². The van der Waals surface area contributed by atoms with Gasteiger partial charge in [-0.25, -0.2) is 4.68 Å². The van der Waals surface area contributed by atoms with Gasteiger partial charge < -0.3 is 10.2 Å². The van der Waals surface area contributed by atoms with Crippen molar-refractivity contribution in [3.63, 3.8) is 0 Å². The maximum Gasteiger partial charge on any atom is 0.248 e. The highest BCUT2D eigenvalue weighted by Gasteiger charge is 2.41. The summed E-state index contributed by atoms with van der Waals surface area (Å²) in [7, 11) is 0. The third-order valence-electron chi connectivity index (χ3n) is 5.42. The SMILES string of the molecule is Cc1nnnn1C(Cc1ccccc1)C(=O)N1C2CCNCC1CC2.Cl. The Balaban J connectivity index is 0.00000196. The molecule has 1 aromatic heterocycles. The van der Waals surface area contributed by atoms with Crippen molar-refractivity contribution in [2.75, 3.05) is 13.1 Å². The second kappa shape index (κ2) is 8.14. The highest BCUT2D eigenvalue weighted by Crippen LogP contribution is 2.31. The number of aromatic nitrogens is 4. The number of nitrogens with one attached hydrogen (secondary N) is 1. The molecule has 0 spiro atoms. The van der Waals surface area contributed by atoms with Crippen LogP contribution in [0.25, 0.3) is 0 Å². The van der Waals surface area contributed by atoms with Gasteiger partial charge in [0.25, 0.3) is 0 Å². The molecule has 7 nitrogen and oxygen atoms in total. The molecule has 26 heavy (non-hydrogen) atoms. The van der Waals surface area contributed by atoms with Crippen LogP contribution in [0.4, 0.5) is 0 Å². The van der Waals surface area contributed by atoms with Gasteiger partial charge in [0, 0.05) is 25.0 Å². The quantitative estimate of drug-likeness (QED) is 0.876. The lowest BCUT2D eigenvalue weighted by molar-refractivity contribution is -0.137. The van der Waals surface area contributed by atoms with Crippen LogP contribution in [0.3, 0.4) is 0 Å². The van der Waals surface area contributed by atoms with Crippen LogP contribution in [0.1, 0.15) is 36.7 Å². The van der Waals surface area contributed by atoms with Crippen molar-refractivity contribution in [3.8, 4) is 0 Å². The second-order valence-corrected chi connectivity index (χ2v) is 7.00. The van der Waals surface area contributed by atoms with Gasteiger partial charge in [0.15, 0.2) is 0 Å². The number of amides is 1. The number of tetrazole rings is 1. The van der Waals surface area contributed by atoms with Crippen molar-refractivity contribution in [3.05, 3.63) is 41.7 Å². The maximum atomic E-state index is 13.5. The minimum absolute atomic E-state index is 0. The number of aryl methyl sites for hydroxylation is 1. The summed E-state index contributed by atoms with van der Waals surface area (Å²) in [6.07, 6.45) is 3.81. The summed E-state index contributed by atoms with van der Waals surface area (Å²) in [6.45, 7) is 3.72. The summed E-state index contributed by atoms with van der Waals surface area (Å²) in [6, 6.07) is 10.3. The number of halogens is 1. The summed E-state index contributed by atoms with van der Waals surface area (Å²) in [5, 5.41) is 15.3. The molecular weight excluding hydrogens is 352 g/mol. The molecule has 2 saturated heterocycles. The van der Waals surface area contributed by atoms with E-state index in [4.69, 9.17) is 0 Å². The van der Waals surface area contributed by atoms with Gasteiger partial charge >= 0.3 is 0 Å². The maximum absolute atomic E-state index is 13.5. The molecule has 140 valence electrons. The number of carbonyl (C=O) groups is 1. The van der Waals surface area contributed by atoms with E-state index in [1.807, 2.05) is 25.1 Å². The molecule has 8 heteroatoms. The van der Waals surface area contributed by atoms with E-state index in [-0.39, 0.29) is 24.4 Å². The van der Waals surface area contributed by atoms with Crippen LogP contribution in [0.2, 0.25) is 0 Å². The van der Waals surface area contributed by atoms with Crippen molar-refractivity contribution < 1.29 is 4.79 Å². The van der Waals surface area contributed by atoms with Crippen molar-refractivity contribution in [1.29, 1.82) is 0 Å². The summed E-state index contributed by atoms with van der Waals surface area (Å²) < 4.78 is 1.69. The number of rotatable bonds is 4. The molecule has 2 bridgehead atoms. The fourth-order valence-corrected chi connectivity index (χ4v) is 4.16. The molecule has 1 N–H and O–H groups in total. The van der Waals surface area contributed by atoms with Crippen LogP contribution in [0.5, 0.6) is 0 Å². The number of fused-ring (bicyclic) bond motifs is 2. The molecule has 0 radical (unpaired) electrons. The molecule has 2 aliphatic rings. The zero-order chi connectivity index (χ0) is 17.2. The van der Waals surface area contributed by atoms with Crippen LogP contribution >= 0.6 is 12.4 Å². The lowest BCUT2D eigenvalue weighted by Gasteiger charge is -2.31. The number of hydrogen-bond donors (Lipinski definition) is 1. The lowest BCUT2D eigenvalue weighted by Crippen LogP contribution is -2.46. The Hall–Kier alpha value is -1.99. The molecular formula is C18H25ClN6O. The fraction of sp³-hybridized carbons (Fsp3) is 0.556. The molecule has 3 heterocycles. The first kappa shape index (κ1) is 18.8. The van der Waals surface area contributed by atoms with E-state index in [2.05, 4.69) is 37.9 Å². The summed E-state index contributed by atoms with van der Waals surface area (Å²) in [5.74, 6) is 0.824. The average molecular weight is 377 g/mol. The van der Waals surface area contributed by atoms with Crippen molar-refractivity contribution in [1.82, 2.24) is 30.4 Å². The Morgan fingerprint density at radius 2 is 2.00 bits per heavy atom. The first-order valence-corrected chi connectivity index (χ1v) is 9.05. The predicted molar refractivity (Wildman–Crippen MR) is 100 cm³/mol. The van der Waals surface area contributed by atoms with Crippen LogP contribution in [-0.4, -0.2) is 56.2 Å². The molecule has 2 aromatic rings. The molecule has 1 aromatic carbocycles. The van der Waals surface area contributed by atoms with E-state index in [0.29, 0.717) is 18.3 Å². The number of carbonyl (C=O) groups excluding carboxylic acids is 1. The minimum Gasteiger partial charge on any atom is -0.334 e. The molecule has 3 atom stereocenters. The zero-order valence-electron chi connectivity index (χ0n) is 14.9. The van der Waals surface area contributed by atoms with Gasteiger partial charge in [0.1, 0.15) is 11.9 Å². The molecule has 1 amide bonds. The van der Waals surface area contributed by atoms with E-state index in [1.165, 1.54) is 0 Å². The van der Waals surface area contributed by atoms with Gasteiger partial charge in [0.05, 0.1) is 0 Å². The first-order chi connectivity index (χ1) is 12.2. The van der Waals surface area contributed by atoms with E-state index in [0.717, 1.165) is 37.9 Å². The molecule has 4 rings (SSSR count). The van der Waals surface area contributed by atoms with Crippen LogP contribution in [0, 0.1) is 6.92 Å². The van der Waals surface area contributed by atoms with Gasteiger partial charge in [-0.3, -0.25) is 4.79 Å². The van der Waals surface area contributed by atoms with Crippen LogP contribution in [0.15, 0.2) is 30.3 Å². The van der Waals surface area contributed by atoms with Crippen molar-refractivity contribution in [2.24, 2.45) is 0 Å². The van der Waals surface area contributed by atoms with E-state index >= 15 is 0 Å². The Morgan fingerprint density at radius 3 is 2.73 bits per heavy atom. The second-order valence-electron chi connectivity index (χ2n) is 7.00. The molecule has 2 aliphatic heterocycles. The lowest BCUT2D eigenvalue weighted by atomic mass is 10.0. The largest absolute Gasteiger partial charge is 0.334 e. The number of nitrogens with zero attached hydrogens (tertiary/aromatic N) is 5. The Kier molecular flexibility index (Phi) is 5.88. The van der Waals surface area contributed by atoms with Crippen LogP contribution in [-0.2, 0) is 11.2 Å². The van der Waals surface area contributed by atoms with E-state index in [9.17, 15) is 4.79 Å². The van der Waals surface area contributed by atoms with Crippen molar-refractivity contribution >= 4 is 18.3 Å². The van der Waals surface area contributed by atoms with E-state index in [1.54, 1.807) is 4.68 Å².